The second kappa shape index (κ2) is 75.1. The molecule has 0 rings (SSSR count). The predicted molar refractivity (Wildman–Crippen MR) is 375 cm³/mol. The van der Waals surface area contributed by atoms with Gasteiger partial charge in [-0.25, -0.2) is 0 Å². The Labute approximate surface area is 533 Å². The molecule has 0 aliphatic carbocycles. The topological polar surface area (TPSA) is 95.9 Å². The van der Waals surface area contributed by atoms with Crippen molar-refractivity contribution in [2.75, 3.05) is 13.2 Å². The molecule has 0 fully saturated rings. The van der Waals surface area contributed by atoms with Crippen LogP contribution in [0.1, 0.15) is 457 Å². The van der Waals surface area contributed by atoms with E-state index >= 15 is 0 Å². The van der Waals surface area contributed by atoms with Crippen LogP contribution < -0.4 is 5.32 Å². The summed E-state index contributed by atoms with van der Waals surface area (Å²) in [6.45, 7) is 5.00. The van der Waals surface area contributed by atoms with Crippen molar-refractivity contribution in [2.24, 2.45) is 0 Å². The SMILES string of the molecule is CCCCCCCC/C=C\CCCCCCCCCC(=O)OCCCCCCCCCCCCCCCCCCCCCCCCCCCCCCCCCCCCCC(=O)NC(CO)C(O)CCCCCCCCCCCCCCCCCC. The number of allylic oxidation sites excluding steroid dienone is 2. The number of esters is 1. The fourth-order valence-electron chi connectivity index (χ4n) is 12.8. The molecule has 0 aromatic rings. The van der Waals surface area contributed by atoms with Crippen LogP contribution in [-0.4, -0.2) is 47.4 Å². The number of unbranched alkanes of at least 4 members (excludes halogenated alkanes) is 62. The maximum absolute atomic E-state index is 12.5. The molecule has 0 radical (unpaired) electrons. The molecule has 506 valence electrons. The number of ether oxygens (including phenoxy) is 1. The lowest BCUT2D eigenvalue weighted by atomic mass is 10.0. The van der Waals surface area contributed by atoms with Gasteiger partial charge >= 0.3 is 5.97 Å². The lowest BCUT2D eigenvalue weighted by molar-refractivity contribution is -0.143. The first kappa shape index (κ1) is 83.6. The lowest BCUT2D eigenvalue weighted by Crippen LogP contribution is -2.45. The van der Waals surface area contributed by atoms with Crippen molar-refractivity contribution >= 4 is 11.9 Å². The summed E-state index contributed by atoms with van der Waals surface area (Å²) in [6.07, 6.45) is 94.5. The Kier molecular flexibility index (Phi) is 73.8. The normalized spacial score (nSPS) is 12.5. The van der Waals surface area contributed by atoms with Gasteiger partial charge in [-0.05, 0) is 51.4 Å². The van der Waals surface area contributed by atoms with Crippen LogP contribution in [0.5, 0.6) is 0 Å². The van der Waals surface area contributed by atoms with Gasteiger partial charge in [0.25, 0.3) is 0 Å². The summed E-state index contributed by atoms with van der Waals surface area (Å²) in [7, 11) is 0. The van der Waals surface area contributed by atoms with Crippen LogP contribution in [0.15, 0.2) is 12.2 Å². The second-order valence-corrected chi connectivity index (χ2v) is 27.4. The van der Waals surface area contributed by atoms with Crippen molar-refractivity contribution in [3.8, 4) is 0 Å². The quantitative estimate of drug-likeness (QED) is 0.0320. The molecule has 0 aliphatic heterocycles. The van der Waals surface area contributed by atoms with Gasteiger partial charge < -0.3 is 20.3 Å². The van der Waals surface area contributed by atoms with E-state index in [1.54, 1.807) is 0 Å². The minimum atomic E-state index is -0.660. The summed E-state index contributed by atoms with van der Waals surface area (Å²) in [4.78, 5) is 24.6. The minimum Gasteiger partial charge on any atom is -0.466 e. The van der Waals surface area contributed by atoms with Gasteiger partial charge in [0, 0.05) is 12.8 Å². The smallest absolute Gasteiger partial charge is 0.305 e. The molecule has 0 bridgehead atoms. The summed E-state index contributed by atoms with van der Waals surface area (Å²) in [5, 5.41) is 23.4. The molecule has 0 saturated heterocycles. The second-order valence-electron chi connectivity index (χ2n) is 27.4. The number of carbonyl (C=O) groups is 2. The molecule has 2 unspecified atom stereocenters. The largest absolute Gasteiger partial charge is 0.466 e. The molecule has 2 atom stereocenters. The third-order valence-corrected chi connectivity index (χ3v) is 18.8. The zero-order chi connectivity index (χ0) is 61.3. The zero-order valence-electron chi connectivity index (χ0n) is 58.1. The molecule has 0 aliphatic rings. The Bertz CT molecular complexity index is 1290. The lowest BCUT2D eigenvalue weighted by Gasteiger charge is -2.22. The number of rotatable bonds is 75. The standard InChI is InChI=1S/C79H155NO5/c1-3-5-7-9-11-13-15-17-19-40-45-49-53-57-61-65-69-73-79(84)85-74-70-66-62-58-54-50-46-42-39-37-35-33-31-29-27-25-23-21-22-24-26-28-30-32-34-36-38-41-44-48-52-56-60-64-68-72-78(83)80-76(75-81)77(82)71-67-63-59-55-51-47-43-20-18-16-14-12-10-8-6-4-2/h17,19,76-77,81-82H,3-16,18,20-75H2,1-2H3,(H,80,83)/b19-17-. The van der Waals surface area contributed by atoms with Crippen LogP contribution in [0.25, 0.3) is 0 Å². The first-order chi connectivity index (χ1) is 42.0. The first-order valence-electron chi connectivity index (χ1n) is 39.4. The number of amides is 1. The Morgan fingerprint density at radius 3 is 0.835 bits per heavy atom. The Hall–Kier alpha value is -1.40. The van der Waals surface area contributed by atoms with Crippen LogP contribution in [-0.2, 0) is 14.3 Å². The van der Waals surface area contributed by atoms with E-state index in [2.05, 4.69) is 31.3 Å². The Balaban J connectivity index is 3.29. The molecule has 0 aromatic carbocycles. The third-order valence-electron chi connectivity index (χ3n) is 18.8. The number of aliphatic hydroxyl groups is 2. The van der Waals surface area contributed by atoms with Crippen molar-refractivity contribution in [1.82, 2.24) is 5.32 Å². The summed E-state index contributed by atoms with van der Waals surface area (Å²) < 4.78 is 5.51. The van der Waals surface area contributed by atoms with E-state index in [0.29, 0.717) is 25.9 Å². The van der Waals surface area contributed by atoms with Gasteiger partial charge in [0.2, 0.25) is 5.91 Å². The van der Waals surface area contributed by atoms with E-state index in [9.17, 15) is 19.8 Å². The zero-order valence-corrected chi connectivity index (χ0v) is 58.1. The average Bonchev–Trinajstić information content (AvgIpc) is 3.51. The number of carbonyl (C=O) groups excluding carboxylic acids is 2. The van der Waals surface area contributed by atoms with Crippen molar-refractivity contribution in [1.29, 1.82) is 0 Å². The van der Waals surface area contributed by atoms with Gasteiger partial charge in [0.05, 0.1) is 25.4 Å². The highest BCUT2D eigenvalue weighted by atomic mass is 16.5. The fourth-order valence-corrected chi connectivity index (χ4v) is 12.8. The predicted octanol–water partition coefficient (Wildman–Crippen LogP) is 25.9. The molecule has 6 heteroatoms. The van der Waals surface area contributed by atoms with Gasteiger partial charge in [0.15, 0.2) is 0 Å². The third kappa shape index (κ3) is 71.6. The monoisotopic (exact) mass is 1200 g/mol. The fraction of sp³-hybridized carbons (Fsp3) is 0.949. The number of nitrogens with one attached hydrogen (secondary N) is 1. The number of hydrogen-bond donors (Lipinski definition) is 3. The molecule has 0 heterocycles. The van der Waals surface area contributed by atoms with Crippen molar-refractivity contribution < 1.29 is 24.5 Å². The van der Waals surface area contributed by atoms with Gasteiger partial charge in [-0.15, -0.1) is 0 Å². The molecule has 3 N–H and O–H groups in total. The van der Waals surface area contributed by atoms with Gasteiger partial charge in [-0.2, -0.15) is 0 Å². The van der Waals surface area contributed by atoms with Crippen LogP contribution >= 0.6 is 0 Å². The highest BCUT2D eigenvalue weighted by Crippen LogP contribution is 2.20. The molecule has 1 amide bonds. The van der Waals surface area contributed by atoms with E-state index in [4.69, 9.17) is 4.74 Å². The molecule has 85 heavy (non-hydrogen) atoms. The van der Waals surface area contributed by atoms with Crippen LogP contribution in [0.4, 0.5) is 0 Å². The van der Waals surface area contributed by atoms with Crippen molar-refractivity contribution in [3.05, 3.63) is 12.2 Å². The van der Waals surface area contributed by atoms with Crippen molar-refractivity contribution in [3.63, 3.8) is 0 Å². The minimum absolute atomic E-state index is 0.0204. The van der Waals surface area contributed by atoms with E-state index in [1.165, 1.54) is 385 Å². The molecule has 0 saturated carbocycles. The Morgan fingerprint density at radius 2 is 0.553 bits per heavy atom. The summed E-state index contributed by atoms with van der Waals surface area (Å²) in [5.74, 6) is -0.00496. The average molecular weight is 1200 g/mol. The van der Waals surface area contributed by atoms with Gasteiger partial charge in [-0.3, -0.25) is 9.59 Å². The maximum Gasteiger partial charge on any atom is 0.305 e. The number of aliphatic hydroxyl groups excluding tert-OH is 2. The Morgan fingerprint density at radius 1 is 0.318 bits per heavy atom. The summed E-state index contributed by atoms with van der Waals surface area (Å²) in [6, 6.07) is -0.537. The molecule has 0 aromatic heterocycles. The van der Waals surface area contributed by atoms with E-state index < -0.39 is 12.1 Å². The number of hydrogen-bond acceptors (Lipinski definition) is 5. The van der Waals surface area contributed by atoms with Crippen molar-refractivity contribution in [2.45, 2.75) is 469 Å². The molecule has 6 nitrogen and oxygen atoms in total. The molecular weight excluding hydrogens is 1040 g/mol. The highest BCUT2D eigenvalue weighted by molar-refractivity contribution is 5.76. The molecular formula is C79H155NO5. The van der Waals surface area contributed by atoms with Gasteiger partial charge in [0.1, 0.15) is 0 Å². The first-order valence-corrected chi connectivity index (χ1v) is 39.4. The molecule has 0 spiro atoms. The van der Waals surface area contributed by atoms with Gasteiger partial charge in [-0.1, -0.05) is 405 Å². The van der Waals surface area contributed by atoms with Crippen LogP contribution in [0.2, 0.25) is 0 Å². The van der Waals surface area contributed by atoms with Crippen LogP contribution in [0, 0.1) is 0 Å². The summed E-state index contributed by atoms with van der Waals surface area (Å²) in [5.41, 5.74) is 0. The summed E-state index contributed by atoms with van der Waals surface area (Å²) >= 11 is 0. The van der Waals surface area contributed by atoms with E-state index in [-0.39, 0.29) is 18.5 Å². The van der Waals surface area contributed by atoms with Crippen LogP contribution in [0.3, 0.4) is 0 Å². The van der Waals surface area contributed by atoms with E-state index in [1.807, 2.05) is 0 Å². The highest BCUT2D eigenvalue weighted by Gasteiger charge is 2.20. The maximum atomic E-state index is 12.5. The van der Waals surface area contributed by atoms with E-state index in [0.717, 1.165) is 38.5 Å².